The molecule has 1 aliphatic heterocycles. The van der Waals surface area contributed by atoms with Crippen LogP contribution in [-0.4, -0.2) is 64.0 Å². The summed E-state index contributed by atoms with van der Waals surface area (Å²) in [6, 6.07) is 3.08. The summed E-state index contributed by atoms with van der Waals surface area (Å²) in [7, 11) is 1.22. The minimum absolute atomic E-state index is 0.0180. The van der Waals surface area contributed by atoms with Gasteiger partial charge in [-0.25, -0.2) is 4.79 Å². The number of methoxy groups -OCH3 is 1. The van der Waals surface area contributed by atoms with Gasteiger partial charge in [0.05, 0.1) is 43.2 Å². The molecule has 0 radical (unpaired) electrons. The van der Waals surface area contributed by atoms with Crippen molar-refractivity contribution in [1.29, 1.82) is 0 Å². The van der Waals surface area contributed by atoms with Gasteiger partial charge in [0.2, 0.25) is 0 Å². The highest BCUT2D eigenvalue weighted by Crippen LogP contribution is 2.31. The number of amides is 1. The van der Waals surface area contributed by atoms with Crippen LogP contribution in [0.5, 0.6) is 5.75 Å². The highest BCUT2D eigenvalue weighted by molar-refractivity contribution is 6.09. The second-order valence-electron chi connectivity index (χ2n) is 5.25. The predicted octanol–water partition coefficient (Wildman–Crippen LogP) is -0.0580. The van der Waals surface area contributed by atoms with Gasteiger partial charge in [0.1, 0.15) is 11.4 Å². The largest absolute Gasteiger partial charge is 0.506 e. The normalized spacial score (nSPS) is 14.6. The van der Waals surface area contributed by atoms with E-state index in [0.717, 1.165) is 0 Å². The SMILES string of the molecule is COC(=O)C1=C(Nc2cc3[nH]ncc3cc2O)C(=O)N(CCO)C1. The van der Waals surface area contributed by atoms with Crippen LogP contribution in [0.25, 0.3) is 10.9 Å². The number of aromatic nitrogens is 2. The van der Waals surface area contributed by atoms with E-state index in [-0.39, 0.29) is 42.4 Å². The number of phenols is 1. The van der Waals surface area contributed by atoms with E-state index in [0.29, 0.717) is 10.9 Å². The van der Waals surface area contributed by atoms with Gasteiger partial charge in [0, 0.05) is 11.9 Å². The van der Waals surface area contributed by atoms with Crippen molar-refractivity contribution in [2.24, 2.45) is 0 Å². The van der Waals surface area contributed by atoms with E-state index in [1.54, 1.807) is 12.3 Å². The zero-order chi connectivity index (χ0) is 17.3. The number of aliphatic hydroxyl groups is 1. The quantitative estimate of drug-likeness (QED) is 0.446. The highest BCUT2D eigenvalue weighted by Gasteiger charge is 2.34. The summed E-state index contributed by atoms with van der Waals surface area (Å²) in [4.78, 5) is 25.7. The van der Waals surface area contributed by atoms with Crippen LogP contribution < -0.4 is 5.32 Å². The maximum atomic E-state index is 12.4. The molecule has 2 aromatic rings. The summed E-state index contributed by atoms with van der Waals surface area (Å²) in [5.41, 5.74) is 1.07. The Hall–Kier alpha value is -3.07. The molecule has 0 saturated heterocycles. The molecule has 0 aliphatic carbocycles. The number of esters is 1. The molecule has 3 rings (SSSR count). The van der Waals surface area contributed by atoms with E-state index in [1.807, 2.05) is 0 Å². The number of carbonyl (C=O) groups is 2. The molecule has 126 valence electrons. The molecule has 2 heterocycles. The van der Waals surface area contributed by atoms with Crippen LogP contribution >= 0.6 is 0 Å². The zero-order valence-corrected chi connectivity index (χ0v) is 12.9. The van der Waals surface area contributed by atoms with E-state index in [9.17, 15) is 14.7 Å². The monoisotopic (exact) mass is 332 g/mol. The van der Waals surface area contributed by atoms with Gasteiger partial charge >= 0.3 is 5.97 Å². The van der Waals surface area contributed by atoms with Crippen LogP contribution in [0.3, 0.4) is 0 Å². The van der Waals surface area contributed by atoms with Gasteiger partial charge in [-0.2, -0.15) is 5.10 Å². The number of anilines is 1. The Labute approximate surface area is 136 Å². The lowest BCUT2D eigenvalue weighted by Gasteiger charge is -2.15. The van der Waals surface area contributed by atoms with Crippen LogP contribution in [0.1, 0.15) is 0 Å². The fraction of sp³-hybridized carbons (Fsp3) is 0.267. The number of nitrogens with zero attached hydrogens (tertiary/aromatic N) is 2. The first kappa shape index (κ1) is 15.8. The van der Waals surface area contributed by atoms with E-state index in [4.69, 9.17) is 9.84 Å². The third-order valence-corrected chi connectivity index (χ3v) is 3.77. The van der Waals surface area contributed by atoms with E-state index in [2.05, 4.69) is 15.5 Å². The number of hydrogen-bond acceptors (Lipinski definition) is 7. The molecular weight excluding hydrogens is 316 g/mol. The molecule has 0 atom stereocenters. The van der Waals surface area contributed by atoms with E-state index in [1.165, 1.54) is 18.1 Å². The zero-order valence-electron chi connectivity index (χ0n) is 12.9. The summed E-state index contributed by atoms with van der Waals surface area (Å²) in [5.74, 6) is -1.18. The van der Waals surface area contributed by atoms with Crippen molar-refractivity contribution in [1.82, 2.24) is 15.1 Å². The summed E-state index contributed by atoms with van der Waals surface area (Å²) in [5, 5.41) is 29.3. The van der Waals surface area contributed by atoms with Crippen molar-refractivity contribution >= 4 is 28.5 Å². The second-order valence-corrected chi connectivity index (χ2v) is 5.25. The first-order valence-electron chi connectivity index (χ1n) is 7.20. The van der Waals surface area contributed by atoms with Gasteiger partial charge < -0.3 is 25.2 Å². The van der Waals surface area contributed by atoms with Crippen molar-refractivity contribution in [2.45, 2.75) is 0 Å². The molecule has 0 spiro atoms. The predicted molar refractivity (Wildman–Crippen MR) is 84.1 cm³/mol. The van der Waals surface area contributed by atoms with Crippen molar-refractivity contribution in [2.75, 3.05) is 32.1 Å². The average Bonchev–Trinajstić information content (AvgIpc) is 3.13. The summed E-state index contributed by atoms with van der Waals surface area (Å²) >= 11 is 0. The van der Waals surface area contributed by atoms with Crippen LogP contribution in [0, 0.1) is 0 Å². The smallest absolute Gasteiger partial charge is 0.337 e. The molecule has 0 bridgehead atoms. The number of H-pyrrole nitrogens is 1. The fourth-order valence-electron chi connectivity index (χ4n) is 2.56. The molecule has 9 nitrogen and oxygen atoms in total. The number of β-amino-alcohol motifs (C(OH)–C–C–N with tert-alkyl or cyclic N) is 1. The van der Waals surface area contributed by atoms with Gasteiger partial charge in [0.15, 0.2) is 0 Å². The molecule has 0 fully saturated rings. The van der Waals surface area contributed by atoms with Crippen molar-refractivity contribution < 1.29 is 24.5 Å². The standard InChI is InChI=1S/C15H16N4O5/c1-24-15(23)9-7-19(2-3-20)14(22)13(9)17-11-5-10-8(4-12(11)21)6-16-18-10/h4-6,17,20-21H,2-3,7H2,1H3,(H,16,18). The molecule has 0 saturated carbocycles. The summed E-state index contributed by atoms with van der Waals surface area (Å²) < 4.78 is 4.71. The number of hydrogen-bond donors (Lipinski definition) is 4. The molecule has 4 N–H and O–H groups in total. The first-order chi connectivity index (χ1) is 11.5. The van der Waals surface area contributed by atoms with Gasteiger partial charge in [-0.3, -0.25) is 9.89 Å². The molecule has 1 aromatic heterocycles. The van der Waals surface area contributed by atoms with Gasteiger partial charge in [-0.1, -0.05) is 0 Å². The van der Waals surface area contributed by atoms with Crippen molar-refractivity contribution in [3.63, 3.8) is 0 Å². The Morgan fingerprint density at radius 3 is 3.00 bits per heavy atom. The molecule has 24 heavy (non-hydrogen) atoms. The minimum Gasteiger partial charge on any atom is -0.506 e. The lowest BCUT2D eigenvalue weighted by Crippen LogP contribution is -2.31. The Balaban J connectivity index is 1.98. The second kappa shape index (κ2) is 6.20. The molecule has 1 amide bonds. The maximum absolute atomic E-state index is 12.4. The number of nitrogens with one attached hydrogen (secondary N) is 2. The van der Waals surface area contributed by atoms with Crippen LogP contribution in [0.15, 0.2) is 29.6 Å². The van der Waals surface area contributed by atoms with E-state index >= 15 is 0 Å². The number of carbonyl (C=O) groups excluding carboxylic acids is 2. The number of aromatic amines is 1. The van der Waals surface area contributed by atoms with E-state index < -0.39 is 11.9 Å². The number of benzene rings is 1. The topological polar surface area (TPSA) is 128 Å². The Morgan fingerprint density at radius 1 is 1.50 bits per heavy atom. The number of phenolic OH excluding ortho intramolecular Hbond substituents is 1. The molecule has 1 aliphatic rings. The number of rotatable bonds is 5. The molecule has 1 aromatic carbocycles. The Bertz CT molecular complexity index is 842. The van der Waals surface area contributed by atoms with Crippen LogP contribution in [0.4, 0.5) is 5.69 Å². The minimum atomic E-state index is -0.645. The number of ether oxygens (including phenoxy) is 1. The van der Waals surface area contributed by atoms with Crippen LogP contribution in [0.2, 0.25) is 0 Å². The highest BCUT2D eigenvalue weighted by atomic mass is 16.5. The lowest BCUT2D eigenvalue weighted by atomic mass is 10.2. The van der Waals surface area contributed by atoms with Gasteiger partial charge in [-0.05, 0) is 12.1 Å². The van der Waals surface area contributed by atoms with Crippen LogP contribution in [-0.2, 0) is 14.3 Å². The summed E-state index contributed by atoms with van der Waals surface area (Å²) in [6.45, 7) is -0.101. The number of fused-ring (bicyclic) bond motifs is 1. The van der Waals surface area contributed by atoms with Gasteiger partial charge in [0.25, 0.3) is 5.91 Å². The fourth-order valence-corrected chi connectivity index (χ4v) is 2.56. The Morgan fingerprint density at radius 2 is 2.29 bits per heavy atom. The average molecular weight is 332 g/mol. The summed E-state index contributed by atoms with van der Waals surface area (Å²) in [6.07, 6.45) is 1.56. The molecular formula is C15H16N4O5. The first-order valence-corrected chi connectivity index (χ1v) is 7.20. The molecule has 0 unspecified atom stereocenters. The van der Waals surface area contributed by atoms with Crippen molar-refractivity contribution in [3.8, 4) is 5.75 Å². The number of aliphatic hydroxyl groups excluding tert-OH is 1. The third-order valence-electron chi connectivity index (χ3n) is 3.77. The Kier molecular flexibility index (Phi) is 4.09. The number of aromatic hydroxyl groups is 1. The molecule has 9 heteroatoms. The maximum Gasteiger partial charge on any atom is 0.337 e. The third kappa shape index (κ3) is 2.65. The van der Waals surface area contributed by atoms with Crippen molar-refractivity contribution in [3.05, 3.63) is 29.6 Å². The van der Waals surface area contributed by atoms with Gasteiger partial charge in [-0.15, -0.1) is 0 Å². The lowest BCUT2D eigenvalue weighted by molar-refractivity contribution is -0.136.